The molecule has 0 radical (unpaired) electrons. The van der Waals surface area contributed by atoms with Crippen LogP contribution >= 0.6 is 11.3 Å². The van der Waals surface area contributed by atoms with Gasteiger partial charge in [-0.3, -0.25) is 0 Å². The molecule has 2 N–H and O–H groups in total. The largest absolute Gasteiger partial charge is 0.325 e. The van der Waals surface area contributed by atoms with Gasteiger partial charge < -0.3 is 10.3 Å². The van der Waals surface area contributed by atoms with Gasteiger partial charge in [-0.25, -0.2) is 4.98 Å². The normalized spacial score (nSPS) is 10.8. The lowest BCUT2D eigenvalue weighted by atomic mass is 10.4. The van der Waals surface area contributed by atoms with Crippen molar-refractivity contribution in [3.63, 3.8) is 0 Å². The number of nitrogens with two attached hydrogens (primary N) is 1. The van der Waals surface area contributed by atoms with Gasteiger partial charge in [0.05, 0.1) is 10.6 Å². The highest BCUT2D eigenvalue weighted by molar-refractivity contribution is 7.15. The zero-order valence-corrected chi connectivity index (χ0v) is 8.88. The third-order valence-corrected chi connectivity index (χ3v) is 3.11. The van der Waals surface area contributed by atoms with E-state index in [1.54, 1.807) is 17.7 Å². The van der Waals surface area contributed by atoms with Crippen molar-refractivity contribution in [1.29, 1.82) is 0 Å². The average Bonchev–Trinajstić information content (AvgIpc) is 2.72. The lowest BCUT2D eigenvalue weighted by Gasteiger charge is -1.95. The van der Waals surface area contributed by atoms with Gasteiger partial charge in [-0.1, -0.05) is 0 Å². The Morgan fingerprint density at radius 1 is 1.57 bits per heavy atom. The van der Waals surface area contributed by atoms with Crippen LogP contribution < -0.4 is 5.73 Å². The molecule has 6 heteroatoms. The number of thiazole rings is 1. The van der Waals surface area contributed by atoms with Gasteiger partial charge in [0.1, 0.15) is 11.3 Å². The minimum atomic E-state index is 0.476. The van der Waals surface area contributed by atoms with Crippen LogP contribution in [0.4, 0.5) is 0 Å². The van der Waals surface area contributed by atoms with Gasteiger partial charge >= 0.3 is 0 Å². The fourth-order valence-corrected chi connectivity index (χ4v) is 2.21. The number of nitrogens with zero attached hydrogens (tertiary/aromatic N) is 4. The van der Waals surface area contributed by atoms with E-state index in [-0.39, 0.29) is 0 Å². The Bertz CT molecular complexity index is 444. The lowest BCUT2D eigenvalue weighted by Crippen LogP contribution is -1.94. The summed E-state index contributed by atoms with van der Waals surface area (Å²) in [6.45, 7) is 2.43. The standard InChI is InChI=1S/C8H11N5S/c1-5-7(14-6(3-9)11-5)8-12-10-4-13(8)2/h4H,3,9H2,1-2H3. The Balaban J connectivity index is 2.51. The third-order valence-electron chi connectivity index (χ3n) is 1.93. The zero-order chi connectivity index (χ0) is 10.1. The third kappa shape index (κ3) is 1.42. The maximum Gasteiger partial charge on any atom is 0.175 e. The number of aryl methyl sites for hydroxylation is 2. The molecule has 0 fully saturated rings. The molecule has 2 aromatic rings. The van der Waals surface area contributed by atoms with Gasteiger partial charge in [0.2, 0.25) is 0 Å². The summed E-state index contributed by atoms with van der Waals surface area (Å²) in [5, 5.41) is 8.80. The first-order chi connectivity index (χ1) is 6.72. The molecule has 2 rings (SSSR count). The fraction of sp³-hybridized carbons (Fsp3) is 0.375. The van der Waals surface area contributed by atoms with Crippen LogP contribution in [0.1, 0.15) is 10.7 Å². The van der Waals surface area contributed by atoms with Crippen LogP contribution in [-0.4, -0.2) is 19.7 Å². The van der Waals surface area contributed by atoms with Crippen molar-refractivity contribution in [2.45, 2.75) is 13.5 Å². The summed E-state index contributed by atoms with van der Waals surface area (Å²) in [6, 6.07) is 0. The van der Waals surface area contributed by atoms with E-state index in [9.17, 15) is 0 Å². The summed E-state index contributed by atoms with van der Waals surface area (Å²) in [5.74, 6) is 0.847. The summed E-state index contributed by atoms with van der Waals surface area (Å²) in [7, 11) is 1.91. The molecule has 2 aromatic heterocycles. The summed E-state index contributed by atoms with van der Waals surface area (Å²) >= 11 is 1.57. The molecule has 14 heavy (non-hydrogen) atoms. The molecule has 0 aliphatic heterocycles. The van der Waals surface area contributed by atoms with E-state index < -0.39 is 0 Å². The van der Waals surface area contributed by atoms with E-state index in [4.69, 9.17) is 5.73 Å². The second kappa shape index (κ2) is 3.47. The second-order valence-electron chi connectivity index (χ2n) is 2.99. The second-order valence-corrected chi connectivity index (χ2v) is 4.08. The first kappa shape index (κ1) is 9.29. The van der Waals surface area contributed by atoms with Crippen molar-refractivity contribution >= 4 is 11.3 Å². The monoisotopic (exact) mass is 209 g/mol. The molecule has 0 aromatic carbocycles. The van der Waals surface area contributed by atoms with Crippen LogP contribution in [0.2, 0.25) is 0 Å². The van der Waals surface area contributed by atoms with Crippen molar-refractivity contribution in [1.82, 2.24) is 19.7 Å². The van der Waals surface area contributed by atoms with Crippen molar-refractivity contribution in [3.8, 4) is 10.7 Å². The molecule has 74 valence electrons. The maximum atomic E-state index is 5.53. The minimum absolute atomic E-state index is 0.476. The van der Waals surface area contributed by atoms with Gasteiger partial charge in [0, 0.05) is 13.6 Å². The minimum Gasteiger partial charge on any atom is -0.325 e. The first-order valence-electron chi connectivity index (χ1n) is 4.23. The zero-order valence-electron chi connectivity index (χ0n) is 8.06. The topological polar surface area (TPSA) is 69.6 Å². The predicted octanol–water partition coefficient (Wildman–Crippen LogP) is 0.706. The molecule has 0 aliphatic rings. The number of aromatic nitrogens is 4. The maximum absolute atomic E-state index is 5.53. The lowest BCUT2D eigenvalue weighted by molar-refractivity contribution is 0.920. The van der Waals surface area contributed by atoms with Gasteiger partial charge in [-0.2, -0.15) is 0 Å². The summed E-state index contributed by atoms with van der Waals surface area (Å²) in [6.07, 6.45) is 1.68. The molecular weight excluding hydrogens is 198 g/mol. The Kier molecular flexibility index (Phi) is 2.30. The van der Waals surface area contributed by atoms with Crippen molar-refractivity contribution in [2.24, 2.45) is 12.8 Å². The Labute approximate surface area is 85.6 Å². The van der Waals surface area contributed by atoms with Crippen LogP contribution in [0.25, 0.3) is 10.7 Å². The average molecular weight is 209 g/mol. The molecular formula is C8H11N5S. The highest BCUT2D eigenvalue weighted by Gasteiger charge is 2.12. The van der Waals surface area contributed by atoms with Crippen LogP contribution in [-0.2, 0) is 13.6 Å². The van der Waals surface area contributed by atoms with Gasteiger partial charge in [0.15, 0.2) is 5.82 Å². The first-order valence-corrected chi connectivity index (χ1v) is 5.04. The summed E-state index contributed by atoms with van der Waals surface area (Å²) in [4.78, 5) is 5.39. The van der Waals surface area contributed by atoms with Gasteiger partial charge in [-0.05, 0) is 6.92 Å². The quantitative estimate of drug-likeness (QED) is 0.790. The van der Waals surface area contributed by atoms with E-state index in [1.807, 2.05) is 18.5 Å². The van der Waals surface area contributed by atoms with Crippen molar-refractivity contribution in [2.75, 3.05) is 0 Å². The Morgan fingerprint density at radius 2 is 2.36 bits per heavy atom. The molecule has 0 bridgehead atoms. The number of hydrogen-bond donors (Lipinski definition) is 1. The molecule has 5 nitrogen and oxygen atoms in total. The van der Waals surface area contributed by atoms with E-state index in [0.29, 0.717) is 6.54 Å². The smallest absolute Gasteiger partial charge is 0.175 e. The number of hydrogen-bond acceptors (Lipinski definition) is 5. The highest BCUT2D eigenvalue weighted by atomic mass is 32.1. The molecule has 0 unspecified atom stereocenters. The molecule has 0 aliphatic carbocycles. The molecule has 2 heterocycles. The van der Waals surface area contributed by atoms with E-state index in [1.165, 1.54) is 0 Å². The molecule has 0 amide bonds. The van der Waals surface area contributed by atoms with Crippen LogP contribution in [0.15, 0.2) is 6.33 Å². The van der Waals surface area contributed by atoms with Gasteiger partial charge in [0.25, 0.3) is 0 Å². The van der Waals surface area contributed by atoms with Crippen LogP contribution in [0, 0.1) is 6.92 Å². The summed E-state index contributed by atoms with van der Waals surface area (Å²) < 4.78 is 1.88. The van der Waals surface area contributed by atoms with Crippen LogP contribution in [0.5, 0.6) is 0 Å². The van der Waals surface area contributed by atoms with Crippen LogP contribution in [0.3, 0.4) is 0 Å². The van der Waals surface area contributed by atoms with Crippen molar-refractivity contribution < 1.29 is 0 Å². The molecule has 0 atom stereocenters. The van der Waals surface area contributed by atoms with Crippen molar-refractivity contribution in [3.05, 3.63) is 17.0 Å². The molecule has 0 saturated heterocycles. The molecule has 0 spiro atoms. The van der Waals surface area contributed by atoms with E-state index in [0.717, 1.165) is 21.4 Å². The van der Waals surface area contributed by atoms with Gasteiger partial charge in [-0.15, -0.1) is 21.5 Å². The Hall–Kier alpha value is -1.27. The predicted molar refractivity (Wildman–Crippen MR) is 54.7 cm³/mol. The number of rotatable bonds is 2. The highest BCUT2D eigenvalue weighted by Crippen LogP contribution is 2.27. The molecule has 0 saturated carbocycles. The van der Waals surface area contributed by atoms with E-state index >= 15 is 0 Å². The summed E-state index contributed by atoms with van der Waals surface area (Å²) in [5.41, 5.74) is 6.49. The SMILES string of the molecule is Cc1nc(CN)sc1-c1nncn1C. The Morgan fingerprint density at radius 3 is 2.86 bits per heavy atom. The van der Waals surface area contributed by atoms with E-state index in [2.05, 4.69) is 15.2 Å². The fourth-order valence-electron chi connectivity index (χ4n) is 1.24.